The van der Waals surface area contributed by atoms with Gasteiger partial charge in [0.05, 0.1) is 13.0 Å². The van der Waals surface area contributed by atoms with Crippen LogP contribution in [0.5, 0.6) is 0 Å². The molecule has 0 radical (unpaired) electrons. The number of rotatable bonds is 6. The summed E-state index contributed by atoms with van der Waals surface area (Å²) in [6, 6.07) is 11.7. The zero-order valence-corrected chi connectivity index (χ0v) is 19.0. The van der Waals surface area contributed by atoms with Crippen LogP contribution in [-0.4, -0.2) is 84.4 Å². The lowest BCUT2D eigenvalue weighted by atomic mass is 10.1. The molecule has 2 saturated heterocycles. The summed E-state index contributed by atoms with van der Waals surface area (Å²) in [4.78, 5) is 48.3. The van der Waals surface area contributed by atoms with E-state index in [0.717, 1.165) is 32.0 Å². The van der Waals surface area contributed by atoms with E-state index >= 15 is 0 Å². The van der Waals surface area contributed by atoms with Gasteiger partial charge in [0, 0.05) is 56.2 Å². The zero-order chi connectivity index (χ0) is 23.2. The number of nitrogens with zero attached hydrogens (tertiary/aromatic N) is 4. The van der Waals surface area contributed by atoms with Crippen molar-refractivity contribution in [1.82, 2.24) is 20.1 Å². The van der Waals surface area contributed by atoms with E-state index in [1.165, 1.54) is 4.90 Å². The van der Waals surface area contributed by atoms with E-state index in [9.17, 15) is 14.4 Å². The number of hydrogen-bond acceptors (Lipinski definition) is 6. The van der Waals surface area contributed by atoms with Crippen molar-refractivity contribution in [2.45, 2.75) is 12.5 Å². The monoisotopic (exact) mass is 470 g/mol. The Balaban J connectivity index is 1.32. The highest BCUT2D eigenvalue weighted by molar-refractivity contribution is 6.30. The smallest absolute Gasteiger partial charge is 0.243 e. The van der Waals surface area contributed by atoms with E-state index in [-0.39, 0.29) is 30.7 Å². The van der Waals surface area contributed by atoms with Crippen molar-refractivity contribution in [3.63, 3.8) is 0 Å². The molecule has 0 aliphatic carbocycles. The van der Waals surface area contributed by atoms with E-state index in [2.05, 4.69) is 25.4 Å². The average molecular weight is 471 g/mol. The van der Waals surface area contributed by atoms with Crippen LogP contribution in [0.1, 0.15) is 6.42 Å². The Kier molecular flexibility index (Phi) is 7.41. The predicted molar refractivity (Wildman–Crippen MR) is 126 cm³/mol. The van der Waals surface area contributed by atoms with Gasteiger partial charge in [-0.05, 0) is 36.4 Å². The van der Waals surface area contributed by atoms with Gasteiger partial charge in [0.15, 0.2) is 0 Å². The minimum Gasteiger partial charge on any atom is -0.354 e. The number of nitrogens with one attached hydrogen (secondary N) is 2. The first-order chi connectivity index (χ1) is 16.0. The molecule has 1 aromatic carbocycles. The summed E-state index contributed by atoms with van der Waals surface area (Å²) in [6.45, 7) is 3.99. The number of halogens is 1. The van der Waals surface area contributed by atoms with Gasteiger partial charge in [0.25, 0.3) is 0 Å². The molecule has 0 bridgehead atoms. The highest BCUT2D eigenvalue weighted by atomic mass is 35.5. The Morgan fingerprint density at radius 2 is 1.82 bits per heavy atom. The van der Waals surface area contributed by atoms with Gasteiger partial charge in [-0.1, -0.05) is 17.7 Å². The van der Waals surface area contributed by atoms with Crippen LogP contribution in [0.25, 0.3) is 0 Å². The Labute approximate surface area is 197 Å². The van der Waals surface area contributed by atoms with Crippen molar-refractivity contribution in [2.75, 3.05) is 56.0 Å². The number of piperazine rings is 2. The lowest BCUT2D eigenvalue weighted by Gasteiger charge is -2.38. The van der Waals surface area contributed by atoms with Crippen molar-refractivity contribution in [3.05, 3.63) is 53.7 Å². The molecule has 3 amide bonds. The molecule has 2 aromatic rings. The molecule has 1 unspecified atom stereocenters. The number of aromatic nitrogens is 1. The summed E-state index contributed by atoms with van der Waals surface area (Å²) in [5.41, 5.74) is 0.587. The lowest BCUT2D eigenvalue weighted by Crippen LogP contribution is -2.60. The van der Waals surface area contributed by atoms with Gasteiger partial charge in [-0.25, -0.2) is 4.98 Å². The van der Waals surface area contributed by atoms with Crippen LogP contribution in [0, 0.1) is 0 Å². The fraction of sp³-hybridized carbons (Fsp3) is 0.391. The minimum atomic E-state index is -0.826. The number of hydrogen-bond donors (Lipinski definition) is 2. The van der Waals surface area contributed by atoms with Crippen LogP contribution in [0.3, 0.4) is 0 Å². The molecular formula is C23H27ClN6O3. The van der Waals surface area contributed by atoms with Gasteiger partial charge in [-0.15, -0.1) is 0 Å². The standard InChI is InChI=1S/C23H27ClN6O3/c24-17-4-6-18(7-5-17)27-21(31)15-19-23(33)26-9-10-30(19)22(32)16-28-11-13-29(14-12-28)20-3-1-2-8-25-20/h1-8,19H,9-16H2,(H,26,33)(H,27,31). The molecular weight excluding hydrogens is 444 g/mol. The third-order valence-corrected chi connectivity index (χ3v) is 6.11. The molecule has 3 heterocycles. The van der Waals surface area contributed by atoms with Gasteiger partial charge in [0.2, 0.25) is 17.7 Å². The first-order valence-corrected chi connectivity index (χ1v) is 11.4. The number of carbonyl (C=O) groups is 3. The fourth-order valence-electron chi connectivity index (χ4n) is 4.09. The van der Waals surface area contributed by atoms with Crippen molar-refractivity contribution in [1.29, 1.82) is 0 Å². The number of carbonyl (C=O) groups excluding carboxylic acids is 3. The summed E-state index contributed by atoms with van der Waals surface area (Å²) in [6.07, 6.45) is 1.67. The van der Waals surface area contributed by atoms with Gasteiger partial charge in [-0.3, -0.25) is 19.3 Å². The molecule has 33 heavy (non-hydrogen) atoms. The molecule has 9 nitrogen and oxygen atoms in total. The molecule has 2 N–H and O–H groups in total. The number of amides is 3. The van der Waals surface area contributed by atoms with Gasteiger partial charge < -0.3 is 20.4 Å². The number of anilines is 2. The molecule has 2 aliphatic heterocycles. The summed E-state index contributed by atoms with van der Waals surface area (Å²) in [7, 11) is 0. The molecule has 1 atom stereocenters. The lowest BCUT2D eigenvalue weighted by molar-refractivity contribution is -0.145. The predicted octanol–water partition coefficient (Wildman–Crippen LogP) is 1.21. The first kappa shape index (κ1) is 23.0. The summed E-state index contributed by atoms with van der Waals surface area (Å²) >= 11 is 5.88. The Morgan fingerprint density at radius 1 is 1.06 bits per heavy atom. The van der Waals surface area contributed by atoms with Gasteiger partial charge >= 0.3 is 0 Å². The molecule has 4 rings (SSSR count). The second-order valence-corrected chi connectivity index (χ2v) is 8.54. The van der Waals surface area contributed by atoms with Crippen LogP contribution in [0.2, 0.25) is 5.02 Å². The Bertz CT molecular complexity index is 979. The third-order valence-electron chi connectivity index (χ3n) is 5.86. The SMILES string of the molecule is O=C(CC1C(=O)NCCN1C(=O)CN1CCN(c2ccccn2)CC1)Nc1ccc(Cl)cc1. The second kappa shape index (κ2) is 10.6. The quantitative estimate of drug-likeness (QED) is 0.658. The van der Waals surface area contributed by atoms with Crippen molar-refractivity contribution >= 4 is 40.8 Å². The largest absolute Gasteiger partial charge is 0.354 e. The maximum atomic E-state index is 13.1. The van der Waals surface area contributed by atoms with Crippen molar-refractivity contribution < 1.29 is 14.4 Å². The second-order valence-electron chi connectivity index (χ2n) is 8.10. The number of benzene rings is 1. The average Bonchev–Trinajstić information content (AvgIpc) is 2.83. The topological polar surface area (TPSA) is 97.9 Å². The van der Waals surface area contributed by atoms with E-state index < -0.39 is 6.04 Å². The normalized spacial score (nSPS) is 19.2. The highest BCUT2D eigenvalue weighted by Gasteiger charge is 2.35. The molecule has 2 aliphatic rings. The maximum Gasteiger partial charge on any atom is 0.243 e. The van der Waals surface area contributed by atoms with Crippen LogP contribution in [0.4, 0.5) is 11.5 Å². The highest BCUT2D eigenvalue weighted by Crippen LogP contribution is 2.17. The number of pyridine rings is 1. The zero-order valence-electron chi connectivity index (χ0n) is 18.2. The van der Waals surface area contributed by atoms with Crippen LogP contribution >= 0.6 is 11.6 Å². The summed E-state index contributed by atoms with van der Waals surface area (Å²) in [5.74, 6) is 0.158. The van der Waals surface area contributed by atoms with Crippen LogP contribution in [0.15, 0.2) is 48.7 Å². The van der Waals surface area contributed by atoms with Crippen LogP contribution in [-0.2, 0) is 14.4 Å². The Morgan fingerprint density at radius 3 is 2.52 bits per heavy atom. The van der Waals surface area contributed by atoms with E-state index in [1.807, 2.05) is 18.2 Å². The molecule has 174 valence electrons. The molecule has 2 fully saturated rings. The Hall–Kier alpha value is -3.17. The molecule has 0 spiro atoms. The minimum absolute atomic E-state index is 0.104. The molecule has 0 saturated carbocycles. The van der Waals surface area contributed by atoms with Crippen LogP contribution < -0.4 is 15.5 Å². The van der Waals surface area contributed by atoms with Crippen molar-refractivity contribution in [3.8, 4) is 0 Å². The molecule has 1 aromatic heterocycles. The maximum absolute atomic E-state index is 13.1. The van der Waals surface area contributed by atoms with Crippen molar-refractivity contribution in [2.24, 2.45) is 0 Å². The first-order valence-electron chi connectivity index (χ1n) is 11.0. The summed E-state index contributed by atoms with van der Waals surface area (Å²) < 4.78 is 0. The van der Waals surface area contributed by atoms with E-state index in [4.69, 9.17) is 11.6 Å². The third kappa shape index (κ3) is 6.00. The van der Waals surface area contributed by atoms with Gasteiger partial charge in [-0.2, -0.15) is 0 Å². The van der Waals surface area contributed by atoms with E-state index in [0.29, 0.717) is 23.8 Å². The van der Waals surface area contributed by atoms with Gasteiger partial charge in [0.1, 0.15) is 11.9 Å². The molecule has 10 heteroatoms. The summed E-state index contributed by atoms with van der Waals surface area (Å²) in [5, 5.41) is 6.09. The van der Waals surface area contributed by atoms with E-state index in [1.54, 1.807) is 30.5 Å². The fourth-order valence-corrected chi connectivity index (χ4v) is 4.22.